The predicted octanol–water partition coefficient (Wildman–Crippen LogP) is 2.85. The number of likely N-dealkylation sites (tertiary alicyclic amines) is 1. The van der Waals surface area contributed by atoms with E-state index in [0.29, 0.717) is 5.75 Å². The van der Waals surface area contributed by atoms with Gasteiger partial charge in [-0.1, -0.05) is 13.0 Å². The van der Waals surface area contributed by atoms with E-state index in [2.05, 4.69) is 11.8 Å². The fraction of sp³-hybridized carbons (Fsp3) is 0.625. The molecule has 2 N–H and O–H groups in total. The van der Waals surface area contributed by atoms with Crippen LogP contribution in [0.3, 0.4) is 0 Å². The molecular weight excluding hydrogens is 255 g/mol. The third-order valence-electron chi connectivity index (χ3n) is 4.73. The van der Waals surface area contributed by atoms with Crippen LogP contribution in [0, 0.1) is 5.82 Å². The molecule has 2 atom stereocenters. The van der Waals surface area contributed by atoms with E-state index in [4.69, 9.17) is 10.5 Å². The number of benzene rings is 1. The Labute approximate surface area is 119 Å². The third-order valence-corrected chi connectivity index (χ3v) is 4.73. The lowest BCUT2D eigenvalue weighted by Gasteiger charge is -2.41. The number of nitrogens with two attached hydrogens (primary N) is 1. The Hall–Kier alpha value is -1.13. The van der Waals surface area contributed by atoms with Crippen molar-refractivity contribution in [1.82, 2.24) is 4.90 Å². The van der Waals surface area contributed by atoms with Crippen molar-refractivity contribution in [2.75, 3.05) is 19.6 Å². The minimum Gasteiger partial charge on any atom is -0.487 e. The van der Waals surface area contributed by atoms with Gasteiger partial charge < -0.3 is 15.4 Å². The zero-order valence-electron chi connectivity index (χ0n) is 12.1. The van der Waals surface area contributed by atoms with Gasteiger partial charge in [-0.05, 0) is 38.4 Å². The molecule has 3 nitrogen and oxygen atoms in total. The van der Waals surface area contributed by atoms with Gasteiger partial charge in [-0.2, -0.15) is 0 Å². The largest absolute Gasteiger partial charge is 0.487 e. The number of hydrogen-bond acceptors (Lipinski definition) is 3. The van der Waals surface area contributed by atoms with Gasteiger partial charge in [0.1, 0.15) is 17.2 Å². The molecule has 1 saturated heterocycles. The maximum atomic E-state index is 13.4. The molecule has 3 rings (SSSR count). The van der Waals surface area contributed by atoms with Gasteiger partial charge >= 0.3 is 0 Å². The summed E-state index contributed by atoms with van der Waals surface area (Å²) in [6, 6.07) is 4.66. The van der Waals surface area contributed by atoms with E-state index in [1.807, 2.05) is 0 Å². The van der Waals surface area contributed by atoms with Gasteiger partial charge in [0.2, 0.25) is 0 Å². The number of fused-ring (bicyclic) bond motifs is 1. The van der Waals surface area contributed by atoms with Crippen molar-refractivity contribution >= 4 is 0 Å². The Morgan fingerprint density at radius 1 is 1.40 bits per heavy atom. The molecule has 4 heteroatoms. The van der Waals surface area contributed by atoms with Gasteiger partial charge in [0.05, 0.1) is 0 Å². The van der Waals surface area contributed by atoms with E-state index in [9.17, 15) is 4.39 Å². The first-order valence-corrected chi connectivity index (χ1v) is 7.58. The molecule has 1 unspecified atom stereocenters. The van der Waals surface area contributed by atoms with Crippen LogP contribution in [0.5, 0.6) is 5.75 Å². The van der Waals surface area contributed by atoms with E-state index in [1.165, 1.54) is 12.1 Å². The number of halogens is 1. The molecule has 0 amide bonds. The van der Waals surface area contributed by atoms with E-state index in [0.717, 1.165) is 50.9 Å². The van der Waals surface area contributed by atoms with E-state index in [-0.39, 0.29) is 17.5 Å². The normalized spacial score (nSPS) is 30.6. The topological polar surface area (TPSA) is 38.5 Å². The van der Waals surface area contributed by atoms with Crippen molar-refractivity contribution in [3.05, 3.63) is 29.6 Å². The molecule has 1 spiro atoms. The minimum absolute atomic E-state index is 0.0486. The van der Waals surface area contributed by atoms with Crippen LogP contribution in [0.4, 0.5) is 4.39 Å². The van der Waals surface area contributed by atoms with Gasteiger partial charge in [0, 0.05) is 30.6 Å². The molecule has 0 radical (unpaired) electrons. The summed E-state index contributed by atoms with van der Waals surface area (Å²) in [4.78, 5) is 2.45. The molecule has 2 aliphatic rings. The van der Waals surface area contributed by atoms with Crippen LogP contribution >= 0.6 is 0 Å². The smallest absolute Gasteiger partial charge is 0.127 e. The average molecular weight is 278 g/mol. The second-order valence-corrected chi connectivity index (χ2v) is 6.07. The second-order valence-electron chi connectivity index (χ2n) is 6.07. The molecular formula is C16H23FN2O. The molecule has 2 heterocycles. The Morgan fingerprint density at radius 3 is 3.05 bits per heavy atom. The molecule has 0 aliphatic carbocycles. The van der Waals surface area contributed by atoms with Crippen molar-refractivity contribution in [2.45, 2.75) is 44.2 Å². The molecule has 1 aromatic rings. The van der Waals surface area contributed by atoms with Crippen LogP contribution < -0.4 is 10.5 Å². The Bertz CT molecular complexity index is 493. The van der Waals surface area contributed by atoms with E-state index in [1.54, 1.807) is 6.07 Å². The van der Waals surface area contributed by atoms with Gasteiger partial charge in [-0.25, -0.2) is 4.39 Å². The second kappa shape index (κ2) is 5.34. The molecule has 2 aliphatic heterocycles. The quantitative estimate of drug-likeness (QED) is 0.858. The molecule has 0 saturated carbocycles. The van der Waals surface area contributed by atoms with Crippen molar-refractivity contribution in [3.8, 4) is 5.75 Å². The predicted molar refractivity (Wildman–Crippen MR) is 77.3 cm³/mol. The van der Waals surface area contributed by atoms with Gasteiger partial charge in [-0.3, -0.25) is 0 Å². The summed E-state index contributed by atoms with van der Waals surface area (Å²) in [6.45, 7) is 5.42. The highest BCUT2D eigenvalue weighted by Gasteiger charge is 2.40. The van der Waals surface area contributed by atoms with Crippen molar-refractivity contribution in [3.63, 3.8) is 0 Å². The van der Waals surface area contributed by atoms with Crippen LogP contribution in [-0.4, -0.2) is 30.1 Å². The van der Waals surface area contributed by atoms with Gasteiger partial charge in [0.25, 0.3) is 0 Å². The van der Waals surface area contributed by atoms with Crippen molar-refractivity contribution < 1.29 is 9.13 Å². The summed E-state index contributed by atoms with van der Waals surface area (Å²) in [5, 5.41) is 0. The molecule has 0 aromatic heterocycles. The third kappa shape index (κ3) is 2.54. The fourth-order valence-electron chi connectivity index (χ4n) is 3.53. The lowest BCUT2D eigenvalue weighted by molar-refractivity contribution is 0.0216. The van der Waals surface area contributed by atoms with Crippen LogP contribution in [-0.2, 0) is 0 Å². The van der Waals surface area contributed by atoms with Crippen LogP contribution in [0.1, 0.15) is 44.2 Å². The summed E-state index contributed by atoms with van der Waals surface area (Å²) in [6.07, 6.45) is 3.94. The Balaban J connectivity index is 1.86. The molecule has 0 bridgehead atoms. The van der Waals surface area contributed by atoms with Crippen molar-refractivity contribution in [1.29, 1.82) is 0 Å². The van der Waals surface area contributed by atoms with Gasteiger partial charge in [-0.15, -0.1) is 0 Å². The van der Waals surface area contributed by atoms with Crippen LogP contribution in [0.15, 0.2) is 18.2 Å². The lowest BCUT2D eigenvalue weighted by atomic mass is 9.82. The standard InChI is InChI=1S/C16H23FN2O/c1-2-19-8-3-6-16(7-9-19)11-14(18)13-5-4-12(17)10-15(13)20-16/h4-5,10,14H,2-3,6-9,11,18H2,1H3/t14-,16?/m1/s1. The minimum atomic E-state index is -0.253. The first kappa shape index (κ1) is 13.8. The highest BCUT2D eigenvalue weighted by atomic mass is 19.1. The Morgan fingerprint density at radius 2 is 2.25 bits per heavy atom. The SMILES string of the molecule is CCN1CCCC2(CC1)C[C@@H](N)c1ccc(F)cc1O2. The van der Waals surface area contributed by atoms with Crippen LogP contribution in [0.2, 0.25) is 0 Å². The molecule has 20 heavy (non-hydrogen) atoms. The molecule has 110 valence electrons. The fourth-order valence-corrected chi connectivity index (χ4v) is 3.53. The summed E-state index contributed by atoms with van der Waals surface area (Å²) in [7, 11) is 0. The maximum Gasteiger partial charge on any atom is 0.127 e. The molecule has 1 aromatic carbocycles. The first-order chi connectivity index (χ1) is 9.62. The van der Waals surface area contributed by atoms with E-state index < -0.39 is 0 Å². The summed E-state index contributed by atoms with van der Waals surface area (Å²) >= 11 is 0. The highest BCUT2D eigenvalue weighted by molar-refractivity contribution is 5.39. The van der Waals surface area contributed by atoms with E-state index >= 15 is 0 Å². The zero-order chi connectivity index (χ0) is 14.2. The van der Waals surface area contributed by atoms with Crippen LogP contribution in [0.25, 0.3) is 0 Å². The summed E-state index contributed by atoms with van der Waals surface area (Å²) in [5.74, 6) is 0.394. The number of rotatable bonds is 1. The number of nitrogens with zero attached hydrogens (tertiary/aromatic N) is 1. The molecule has 1 fully saturated rings. The summed E-state index contributed by atoms with van der Waals surface area (Å²) < 4.78 is 19.7. The van der Waals surface area contributed by atoms with Crippen molar-refractivity contribution in [2.24, 2.45) is 5.73 Å². The first-order valence-electron chi connectivity index (χ1n) is 7.58. The number of ether oxygens (including phenoxy) is 1. The highest BCUT2D eigenvalue weighted by Crippen LogP contribution is 2.43. The lowest BCUT2D eigenvalue weighted by Crippen LogP contribution is -2.43. The maximum absolute atomic E-state index is 13.4. The zero-order valence-corrected chi connectivity index (χ0v) is 12.1. The number of hydrogen-bond donors (Lipinski definition) is 1. The monoisotopic (exact) mass is 278 g/mol. The Kier molecular flexibility index (Phi) is 3.69. The van der Waals surface area contributed by atoms with Gasteiger partial charge in [0.15, 0.2) is 0 Å². The average Bonchev–Trinajstić information content (AvgIpc) is 2.60. The summed E-state index contributed by atoms with van der Waals surface area (Å²) in [5.41, 5.74) is 7.04.